The van der Waals surface area contributed by atoms with Gasteiger partial charge in [0, 0.05) is 6.54 Å². The number of likely N-dealkylation sites (tertiary alicyclic amines) is 1. The summed E-state index contributed by atoms with van der Waals surface area (Å²) in [4.78, 5) is 29.5. The first-order valence-corrected chi connectivity index (χ1v) is 10.2. The largest absolute Gasteiger partial charge is 0.507 e. The van der Waals surface area contributed by atoms with Gasteiger partial charge in [0.1, 0.15) is 23.1 Å². The quantitative estimate of drug-likeness (QED) is 0.384. The third kappa shape index (κ3) is 4.60. The van der Waals surface area contributed by atoms with E-state index in [9.17, 15) is 19.1 Å². The van der Waals surface area contributed by atoms with Crippen LogP contribution in [0.4, 0.5) is 4.39 Å². The lowest BCUT2D eigenvalue weighted by Crippen LogP contribution is -2.32. The Hall–Kier alpha value is -3.39. The van der Waals surface area contributed by atoms with E-state index in [4.69, 9.17) is 9.47 Å². The number of ether oxygens (including phenoxy) is 2. The van der Waals surface area contributed by atoms with Crippen molar-refractivity contribution >= 4 is 17.4 Å². The number of carbonyl (C=O) groups excluding carboxylic acids is 2. The lowest BCUT2D eigenvalue weighted by Gasteiger charge is -2.26. The molecule has 1 aliphatic heterocycles. The summed E-state index contributed by atoms with van der Waals surface area (Å²) in [6.07, 6.45) is 0.629. The smallest absolute Gasteiger partial charge is 0.295 e. The van der Waals surface area contributed by atoms with Gasteiger partial charge in [0.15, 0.2) is 0 Å². The fourth-order valence-electron chi connectivity index (χ4n) is 3.84. The summed E-state index contributed by atoms with van der Waals surface area (Å²) < 4.78 is 24.5. The van der Waals surface area contributed by atoms with Gasteiger partial charge in [-0.1, -0.05) is 12.1 Å². The van der Waals surface area contributed by atoms with E-state index in [0.29, 0.717) is 30.8 Å². The Kier molecular flexibility index (Phi) is 7.15. The summed E-state index contributed by atoms with van der Waals surface area (Å²) in [5.74, 6) is -1.90. The molecule has 1 heterocycles. The highest BCUT2D eigenvalue weighted by molar-refractivity contribution is 6.46. The molecule has 0 aromatic heterocycles. The Balaban J connectivity index is 2.17. The Morgan fingerprint density at radius 2 is 1.88 bits per heavy atom. The van der Waals surface area contributed by atoms with E-state index in [0.717, 1.165) is 6.07 Å². The van der Waals surface area contributed by atoms with Crippen molar-refractivity contribution in [1.29, 1.82) is 0 Å². The van der Waals surface area contributed by atoms with E-state index in [2.05, 4.69) is 0 Å². The molecule has 2 aromatic rings. The van der Waals surface area contributed by atoms with E-state index in [-0.39, 0.29) is 16.9 Å². The van der Waals surface area contributed by atoms with E-state index in [1.165, 1.54) is 31.3 Å². The minimum atomic E-state index is -0.847. The zero-order chi connectivity index (χ0) is 23.4. The molecule has 0 unspecified atom stereocenters. The average molecular weight is 442 g/mol. The maximum Gasteiger partial charge on any atom is 0.295 e. The summed E-state index contributed by atoms with van der Waals surface area (Å²) >= 11 is 0. The number of ketones is 1. The predicted molar refractivity (Wildman–Crippen MR) is 118 cm³/mol. The van der Waals surface area contributed by atoms with Crippen LogP contribution in [-0.2, 0) is 9.59 Å². The van der Waals surface area contributed by atoms with Gasteiger partial charge in [-0.2, -0.15) is 0 Å². The molecule has 0 aliphatic carbocycles. The standard InChI is InChI=1S/C24H27FN2O5/c1-26(2)11-6-12-27-21(15-7-5-8-17(13-15)31-3)20(23(29)24(27)30)22(28)18-14-16(25)9-10-19(18)32-4/h5,7-10,13-14,21,28H,6,11-12H2,1-4H3/t21-/m1/s1. The molecule has 1 amide bonds. The first-order valence-electron chi connectivity index (χ1n) is 10.2. The van der Waals surface area contributed by atoms with Crippen molar-refractivity contribution in [3.8, 4) is 11.5 Å². The van der Waals surface area contributed by atoms with Crippen molar-refractivity contribution in [1.82, 2.24) is 9.80 Å². The van der Waals surface area contributed by atoms with Crippen LogP contribution in [0.25, 0.3) is 5.76 Å². The fourth-order valence-corrected chi connectivity index (χ4v) is 3.84. The second-order valence-corrected chi connectivity index (χ2v) is 7.77. The summed E-state index contributed by atoms with van der Waals surface area (Å²) in [6, 6.07) is 9.75. The van der Waals surface area contributed by atoms with Crippen molar-refractivity contribution in [3.05, 3.63) is 65.0 Å². The van der Waals surface area contributed by atoms with Gasteiger partial charge in [-0.05, 0) is 63.0 Å². The molecule has 170 valence electrons. The highest BCUT2D eigenvalue weighted by Crippen LogP contribution is 2.41. The van der Waals surface area contributed by atoms with E-state index >= 15 is 0 Å². The topological polar surface area (TPSA) is 79.3 Å². The number of hydrogen-bond donors (Lipinski definition) is 1. The second-order valence-electron chi connectivity index (χ2n) is 7.77. The molecule has 32 heavy (non-hydrogen) atoms. The van der Waals surface area contributed by atoms with E-state index < -0.39 is 29.3 Å². The number of nitrogens with zero attached hydrogens (tertiary/aromatic N) is 2. The predicted octanol–water partition coefficient (Wildman–Crippen LogP) is 3.22. The molecule has 3 rings (SSSR count). The SMILES string of the molecule is COc1cccc([C@@H]2C(=C(O)c3cc(F)ccc3OC)C(=O)C(=O)N2CCCN(C)C)c1. The number of aliphatic hydroxyl groups excluding tert-OH is 1. The Bertz CT molecular complexity index is 1050. The second kappa shape index (κ2) is 9.82. The highest BCUT2D eigenvalue weighted by Gasteiger charge is 2.46. The van der Waals surface area contributed by atoms with Crippen molar-refractivity contribution in [2.75, 3.05) is 41.4 Å². The molecule has 1 saturated heterocycles. The van der Waals surface area contributed by atoms with Crippen LogP contribution in [0, 0.1) is 5.82 Å². The number of aliphatic hydroxyl groups is 1. The molecule has 1 atom stereocenters. The summed E-state index contributed by atoms with van der Waals surface area (Å²) in [6.45, 7) is 1.02. The number of carbonyl (C=O) groups is 2. The molecule has 1 fully saturated rings. The number of hydrogen-bond acceptors (Lipinski definition) is 6. The van der Waals surface area contributed by atoms with Crippen LogP contribution < -0.4 is 9.47 Å². The number of Topliss-reactive ketones (excluding diaryl/α,β-unsaturated/α-hetero) is 1. The normalized spacial score (nSPS) is 17.8. The first-order chi connectivity index (χ1) is 15.3. The molecule has 0 bridgehead atoms. The number of halogens is 1. The molecule has 7 nitrogen and oxygen atoms in total. The maximum absolute atomic E-state index is 14.0. The zero-order valence-electron chi connectivity index (χ0n) is 18.6. The number of methoxy groups -OCH3 is 2. The van der Waals surface area contributed by atoms with Crippen LogP contribution in [0.2, 0.25) is 0 Å². The number of amides is 1. The molecule has 0 radical (unpaired) electrons. The van der Waals surface area contributed by atoms with Crippen LogP contribution in [0.3, 0.4) is 0 Å². The van der Waals surface area contributed by atoms with Gasteiger partial charge < -0.3 is 24.4 Å². The number of rotatable bonds is 8. The maximum atomic E-state index is 14.0. The lowest BCUT2D eigenvalue weighted by molar-refractivity contribution is -0.139. The van der Waals surface area contributed by atoms with Gasteiger partial charge in [0.2, 0.25) is 0 Å². The molecule has 8 heteroatoms. The summed E-state index contributed by atoms with van der Waals surface area (Å²) in [5.41, 5.74) is 0.494. The molecule has 0 saturated carbocycles. The Labute approximate surface area is 186 Å². The Morgan fingerprint density at radius 1 is 1.12 bits per heavy atom. The van der Waals surface area contributed by atoms with Crippen LogP contribution >= 0.6 is 0 Å². The van der Waals surface area contributed by atoms with Crippen molar-refractivity contribution in [2.45, 2.75) is 12.5 Å². The molecule has 0 spiro atoms. The fraction of sp³-hybridized carbons (Fsp3) is 0.333. The Morgan fingerprint density at radius 3 is 2.53 bits per heavy atom. The van der Waals surface area contributed by atoms with Gasteiger partial charge in [-0.25, -0.2) is 4.39 Å². The zero-order valence-corrected chi connectivity index (χ0v) is 18.6. The van der Waals surface area contributed by atoms with Crippen LogP contribution in [0.15, 0.2) is 48.0 Å². The molecular weight excluding hydrogens is 415 g/mol. The highest BCUT2D eigenvalue weighted by atomic mass is 19.1. The van der Waals surface area contributed by atoms with Crippen molar-refractivity contribution < 1.29 is 28.6 Å². The van der Waals surface area contributed by atoms with E-state index in [1.807, 2.05) is 19.0 Å². The van der Waals surface area contributed by atoms with Gasteiger partial charge in [-0.3, -0.25) is 9.59 Å². The van der Waals surface area contributed by atoms with Crippen LogP contribution in [0.1, 0.15) is 23.6 Å². The minimum absolute atomic E-state index is 0.00619. The molecule has 1 aliphatic rings. The summed E-state index contributed by atoms with van der Waals surface area (Å²) in [5, 5.41) is 11.1. The van der Waals surface area contributed by atoms with Gasteiger partial charge >= 0.3 is 0 Å². The number of benzene rings is 2. The average Bonchev–Trinajstić information content (AvgIpc) is 3.03. The third-order valence-electron chi connectivity index (χ3n) is 5.37. The summed E-state index contributed by atoms with van der Waals surface area (Å²) in [7, 11) is 6.74. The lowest BCUT2D eigenvalue weighted by atomic mass is 9.94. The van der Waals surface area contributed by atoms with Crippen molar-refractivity contribution in [3.63, 3.8) is 0 Å². The minimum Gasteiger partial charge on any atom is -0.507 e. The van der Waals surface area contributed by atoms with Crippen LogP contribution in [0.5, 0.6) is 11.5 Å². The van der Waals surface area contributed by atoms with Gasteiger partial charge in [0.25, 0.3) is 11.7 Å². The first kappa shape index (κ1) is 23.3. The van der Waals surface area contributed by atoms with E-state index in [1.54, 1.807) is 24.3 Å². The third-order valence-corrected chi connectivity index (χ3v) is 5.37. The van der Waals surface area contributed by atoms with Crippen molar-refractivity contribution in [2.24, 2.45) is 0 Å². The van der Waals surface area contributed by atoms with Gasteiger partial charge in [0.05, 0.1) is 31.4 Å². The molecular formula is C24H27FN2O5. The molecule has 2 aromatic carbocycles. The van der Waals surface area contributed by atoms with Crippen LogP contribution in [-0.4, -0.2) is 68.0 Å². The van der Waals surface area contributed by atoms with Gasteiger partial charge in [-0.15, -0.1) is 0 Å². The molecule has 1 N–H and O–H groups in total. The monoisotopic (exact) mass is 442 g/mol.